The number of pyridine rings is 2. The summed E-state index contributed by atoms with van der Waals surface area (Å²) >= 11 is 0. The third-order valence-electron chi connectivity index (χ3n) is 9.86. The van der Waals surface area contributed by atoms with Gasteiger partial charge in [-0.15, -0.1) is 0 Å². The first-order chi connectivity index (χ1) is 23.2. The number of hydrogen-bond acceptors (Lipinski definition) is 7. The van der Waals surface area contributed by atoms with Gasteiger partial charge in [0.05, 0.1) is 30.8 Å². The summed E-state index contributed by atoms with van der Waals surface area (Å²) in [5.74, 6) is -5.13. The molecule has 0 saturated carbocycles. The van der Waals surface area contributed by atoms with E-state index in [1.54, 1.807) is 19.2 Å². The number of carbonyl (C=O) groups excluding carboxylic acids is 3. The number of ether oxygens (including phenoxy) is 2. The second kappa shape index (κ2) is 12.8. The van der Waals surface area contributed by atoms with Gasteiger partial charge in [-0.05, 0) is 61.6 Å². The van der Waals surface area contributed by atoms with Crippen LogP contribution in [0.1, 0.15) is 64.0 Å². The molecule has 48 heavy (non-hydrogen) atoms. The quantitative estimate of drug-likeness (QED) is 0.380. The molecule has 2 N–H and O–H groups in total. The zero-order valence-corrected chi connectivity index (χ0v) is 26.2. The van der Waals surface area contributed by atoms with Gasteiger partial charge >= 0.3 is 0 Å². The van der Waals surface area contributed by atoms with E-state index < -0.39 is 58.2 Å². The van der Waals surface area contributed by atoms with Crippen LogP contribution in [0, 0.1) is 17.5 Å². The fourth-order valence-corrected chi connectivity index (χ4v) is 7.37. The van der Waals surface area contributed by atoms with E-state index in [-0.39, 0.29) is 31.0 Å². The molecule has 7 bridgehead atoms. The van der Waals surface area contributed by atoms with Gasteiger partial charge in [0, 0.05) is 60.7 Å². The summed E-state index contributed by atoms with van der Waals surface area (Å²) in [5, 5.41) is 5.64. The van der Waals surface area contributed by atoms with Gasteiger partial charge in [0.15, 0.2) is 11.6 Å². The molecule has 5 heterocycles. The van der Waals surface area contributed by atoms with Crippen molar-refractivity contribution in [2.75, 3.05) is 38.3 Å². The summed E-state index contributed by atoms with van der Waals surface area (Å²) < 4.78 is 55.8. The van der Waals surface area contributed by atoms with Crippen molar-refractivity contribution in [1.29, 1.82) is 0 Å². The highest BCUT2D eigenvalue weighted by molar-refractivity contribution is 6.06. The Labute approximate surface area is 274 Å². The predicted molar refractivity (Wildman–Crippen MR) is 168 cm³/mol. The number of amides is 3. The zero-order chi connectivity index (χ0) is 33.6. The summed E-state index contributed by atoms with van der Waals surface area (Å²) in [5.41, 5.74) is 1.71. The molecule has 0 radical (unpaired) electrons. The van der Waals surface area contributed by atoms with Crippen molar-refractivity contribution in [3.05, 3.63) is 93.7 Å². The number of benzene rings is 1. The van der Waals surface area contributed by atoms with E-state index in [0.717, 1.165) is 23.3 Å². The Morgan fingerprint density at radius 3 is 2.65 bits per heavy atom. The van der Waals surface area contributed by atoms with Crippen LogP contribution in [0.4, 0.5) is 19.0 Å². The molecule has 1 aliphatic carbocycles. The monoisotopic (exact) mass is 661 g/mol. The minimum absolute atomic E-state index is 0.144. The summed E-state index contributed by atoms with van der Waals surface area (Å²) in [6.07, 6.45) is 7.68. The van der Waals surface area contributed by atoms with Crippen LogP contribution in [-0.4, -0.2) is 77.6 Å². The molecule has 7 rings (SSSR count). The molecule has 13 heteroatoms. The maximum Gasteiger partial charge on any atom is 0.253 e. The molecular formula is C35H34F3N5O5. The van der Waals surface area contributed by atoms with Gasteiger partial charge in [0.25, 0.3) is 5.91 Å². The van der Waals surface area contributed by atoms with Crippen molar-refractivity contribution in [3.63, 3.8) is 0 Å². The largest absolute Gasteiger partial charge is 0.379 e. The van der Waals surface area contributed by atoms with E-state index in [1.807, 2.05) is 18.2 Å². The van der Waals surface area contributed by atoms with Gasteiger partial charge in [0.2, 0.25) is 11.8 Å². The van der Waals surface area contributed by atoms with Crippen molar-refractivity contribution in [2.24, 2.45) is 0 Å². The van der Waals surface area contributed by atoms with Gasteiger partial charge < -0.3 is 25.0 Å². The third kappa shape index (κ3) is 5.64. The van der Waals surface area contributed by atoms with Crippen LogP contribution >= 0.6 is 0 Å². The van der Waals surface area contributed by atoms with Gasteiger partial charge in [-0.3, -0.25) is 19.4 Å². The molecule has 1 spiro atoms. The van der Waals surface area contributed by atoms with Crippen molar-refractivity contribution in [2.45, 2.75) is 56.0 Å². The highest BCUT2D eigenvalue weighted by atomic mass is 19.2. The van der Waals surface area contributed by atoms with Crippen LogP contribution in [0.2, 0.25) is 0 Å². The van der Waals surface area contributed by atoms with E-state index in [2.05, 4.69) is 20.6 Å². The smallest absolute Gasteiger partial charge is 0.253 e. The number of rotatable bonds is 1. The van der Waals surface area contributed by atoms with Crippen molar-refractivity contribution in [3.8, 4) is 0 Å². The van der Waals surface area contributed by atoms with Crippen LogP contribution in [0.3, 0.4) is 0 Å². The summed E-state index contributed by atoms with van der Waals surface area (Å²) in [6.45, 7) is 3.10. The minimum Gasteiger partial charge on any atom is -0.379 e. The summed E-state index contributed by atoms with van der Waals surface area (Å²) in [7, 11) is 0. The summed E-state index contributed by atoms with van der Waals surface area (Å²) in [6, 6.07) is 3.33. The topological polar surface area (TPSA) is 123 Å². The van der Waals surface area contributed by atoms with Gasteiger partial charge in [-0.1, -0.05) is 12.2 Å². The molecule has 4 aliphatic rings. The third-order valence-corrected chi connectivity index (χ3v) is 9.86. The first-order valence-corrected chi connectivity index (χ1v) is 16.0. The number of anilines is 1. The van der Waals surface area contributed by atoms with Gasteiger partial charge in [-0.2, -0.15) is 0 Å². The Bertz CT molecular complexity index is 1840. The van der Waals surface area contributed by atoms with Crippen LogP contribution in [0.25, 0.3) is 6.08 Å². The number of carbonyl (C=O) groups is 3. The predicted octanol–water partition coefficient (Wildman–Crippen LogP) is 3.84. The number of nitrogens with zero attached hydrogens (tertiary/aromatic N) is 3. The molecule has 4 atom stereocenters. The number of fused-ring (bicyclic) bond motifs is 4. The number of halogens is 3. The molecular weight excluding hydrogens is 627 g/mol. The Balaban J connectivity index is 1.21. The molecule has 3 unspecified atom stereocenters. The standard InChI is InChI=1S/C35H34F3N5O5/c1-19-23(29-25(36)5-6-26(37)30(29)38)14-27-33(45)43(19)7-3-9-48-11-10-47-8-2-4-20-12-24-31(40-17-20)42-34(46)35(24)15-21-13-22(32(44)41-27)18-39-28(21)16-35/h2,4-6,12-13,17-19,23,27H,3,7-11,14-16H2,1H3,(H,41,44)(H,40,42,46)/b4-2-/t19?,23?,27?,35-/m0/s1. The van der Waals surface area contributed by atoms with Gasteiger partial charge in [0.1, 0.15) is 17.7 Å². The second-order valence-electron chi connectivity index (χ2n) is 12.7. The first-order valence-electron chi connectivity index (χ1n) is 16.0. The molecule has 1 aromatic carbocycles. The number of aromatic nitrogens is 2. The van der Waals surface area contributed by atoms with E-state index >= 15 is 8.78 Å². The van der Waals surface area contributed by atoms with Crippen LogP contribution in [0.5, 0.6) is 0 Å². The molecule has 3 amide bonds. The Morgan fingerprint density at radius 2 is 1.79 bits per heavy atom. The lowest BCUT2D eigenvalue weighted by Crippen LogP contribution is -2.58. The number of nitrogens with one attached hydrogen (secondary N) is 2. The van der Waals surface area contributed by atoms with E-state index in [0.29, 0.717) is 56.2 Å². The molecule has 1 fully saturated rings. The second-order valence-corrected chi connectivity index (χ2v) is 12.7. The van der Waals surface area contributed by atoms with Crippen LogP contribution in [-0.2, 0) is 37.3 Å². The molecule has 1 saturated heterocycles. The Hall–Kier alpha value is -4.62. The van der Waals surface area contributed by atoms with Crippen LogP contribution < -0.4 is 10.6 Å². The van der Waals surface area contributed by atoms with Crippen molar-refractivity contribution >= 4 is 29.6 Å². The lowest BCUT2D eigenvalue weighted by molar-refractivity contribution is -0.139. The molecule has 2 aromatic heterocycles. The highest BCUT2D eigenvalue weighted by Gasteiger charge is 2.52. The number of piperidine rings is 1. The average molecular weight is 662 g/mol. The fourth-order valence-electron chi connectivity index (χ4n) is 7.37. The lowest BCUT2D eigenvalue weighted by atomic mass is 9.79. The molecule has 250 valence electrons. The zero-order valence-electron chi connectivity index (χ0n) is 26.2. The molecule has 10 nitrogen and oxygen atoms in total. The van der Waals surface area contributed by atoms with Crippen molar-refractivity contribution in [1.82, 2.24) is 20.2 Å². The lowest BCUT2D eigenvalue weighted by Gasteiger charge is -2.43. The van der Waals surface area contributed by atoms with Crippen LogP contribution in [0.15, 0.2) is 42.7 Å². The summed E-state index contributed by atoms with van der Waals surface area (Å²) in [4.78, 5) is 51.3. The maximum atomic E-state index is 15.1. The minimum atomic E-state index is -1.31. The molecule has 3 aromatic rings. The van der Waals surface area contributed by atoms with Gasteiger partial charge in [-0.25, -0.2) is 18.2 Å². The Morgan fingerprint density at radius 1 is 0.979 bits per heavy atom. The SMILES string of the molecule is CC1C(c2c(F)ccc(F)c2F)CC2NC(=O)c3cnc4c(c3)C[C@@]3(C4)C(=O)Nc4ncc(cc43)/C=C\COCCOCCCN1C2=O. The fraction of sp³-hybridized carbons (Fsp3) is 0.400. The molecule has 3 aliphatic heterocycles. The van der Waals surface area contributed by atoms with E-state index in [9.17, 15) is 18.8 Å². The first kappa shape index (κ1) is 32.0. The van der Waals surface area contributed by atoms with E-state index in [1.165, 1.54) is 11.1 Å². The maximum absolute atomic E-state index is 15.1. The Kier molecular flexibility index (Phi) is 8.50. The average Bonchev–Trinajstić information content (AvgIpc) is 3.59. The van der Waals surface area contributed by atoms with E-state index in [4.69, 9.17) is 9.47 Å². The highest BCUT2D eigenvalue weighted by Crippen LogP contribution is 2.46. The normalized spacial score (nSPS) is 26.7. The number of hydrogen-bond donors (Lipinski definition) is 2. The van der Waals surface area contributed by atoms with Crippen molar-refractivity contribution < 1.29 is 37.0 Å².